The van der Waals surface area contributed by atoms with Crippen molar-refractivity contribution in [2.24, 2.45) is 0 Å². The molecule has 0 radical (unpaired) electrons. The summed E-state index contributed by atoms with van der Waals surface area (Å²) in [6.07, 6.45) is 0.217. The lowest BCUT2D eigenvalue weighted by atomic mass is 9.95. The van der Waals surface area contributed by atoms with Crippen LogP contribution in [-0.4, -0.2) is 6.09 Å². The van der Waals surface area contributed by atoms with Crippen LogP contribution in [0.5, 0.6) is 0 Å². The molecule has 2 atom stereocenters. The molecule has 2 unspecified atom stereocenters. The molecule has 1 N–H and O–H groups in total. The van der Waals surface area contributed by atoms with Gasteiger partial charge in [0.15, 0.2) is 0 Å². The van der Waals surface area contributed by atoms with Crippen LogP contribution in [0.15, 0.2) is 60.7 Å². The number of carbonyl (C=O) groups is 1. The predicted octanol–water partition coefficient (Wildman–Crippen LogP) is 3.60. The van der Waals surface area contributed by atoms with Gasteiger partial charge in [-0.05, 0) is 11.1 Å². The van der Waals surface area contributed by atoms with Crippen molar-refractivity contribution >= 4 is 6.09 Å². The maximum Gasteiger partial charge on any atom is 0.408 e. The van der Waals surface area contributed by atoms with Crippen molar-refractivity contribution < 1.29 is 9.53 Å². The van der Waals surface area contributed by atoms with Gasteiger partial charge in [-0.25, -0.2) is 4.79 Å². The highest BCUT2D eigenvalue weighted by Gasteiger charge is 2.29. The van der Waals surface area contributed by atoms with Crippen LogP contribution in [0.2, 0.25) is 0 Å². The second-order valence-corrected chi connectivity index (χ2v) is 4.65. The predicted molar refractivity (Wildman–Crippen MR) is 72.6 cm³/mol. The maximum atomic E-state index is 11.7. The van der Waals surface area contributed by atoms with Crippen LogP contribution >= 0.6 is 0 Å². The highest BCUT2D eigenvalue weighted by Crippen LogP contribution is 2.32. The summed E-state index contributed by atoms with van der Waals surface area (Å²) in [6.45, 7) is 0. The Balaban J connectivity index is 1.84. The quantitative estimate of drug-likeness (QED) is 0.888. The molecule has 2 aromatic rings. The van der Waals surface area contributed by atoms with Gasteiger partial charge in [-0.1, -0.05) is 60.7 Å². The minimum Gasteiger partial charge on any atom is -0.441 e. The molecule has 3 rings (SSSR count). The summed E-state index contributed by atoms with van der Waals surface area (Å²) in [4.78, 5) is 11.7. The minimum absolute atomic E-state index is 0.00709. The normalized spacial score (nSPS) is 22.4. The lowest BCUT2D eigenvalue weighted by molar-refractivity contribution is 0.0581. The average molecular weight is 253 g/mol. The Hall–Kier alpha value is -2.29. The number of benzene rings is 2. The van der Waals surface area contributed by atoms with Crippen molar-refractivity contribution in [3.63, 3.8) is 0 Å². The van der Waals surface area contributed by atoms with Crippen LogP contribution in [0.25, 0.3) is 0 Å². The van der Waals surface area contributed by atoms with Gasteiger partial charge in [-0.2, -0.15) is 0 Å². The molecule has 1 fully saturated rings. The number of hydrogen-bond donors (Lipinski definition) is 1. The van der Waals surface area contributed by atoms with E-state index in [9.17, 15) is 4.79 Å². The number of nitrogens with one attached hydrogen (secondary N) is 1. The lowest BCUT2D eigenvalue weighted by Gasteiger charge is -2.30. The smallest absolute Gasteiger partial charge is 0.408 e. The number of alkyl carbamates (subject to hydrolysis) is 1. The van der Waals surface area contributed by atoms with Crippen molar-refractivity contribution in [1.29, 1.82) is 0 Å². The first-order valence-corrected chi connectivity index (χ1v) is 6.40. The molecule has 0 saturated carbocycles. The van der Waals surface area contributed by atoms with Crippen LogP contribution < -0.4 is 5.32 Å². The minimum atomic E-state index is -0.353. The third kappa shape index (κ3) is 2.60. The van der Waals surface area contributed by atoms with Crippen LogP contribution in [0, 0.1) is 0 Å². The topological polar surface area (TPSA) is 38.3 Å². The summed E-state index contributed by atoms with van der Waals surface area (Å²) in [5.74, 6) is 0. The molecule has 1 aliphatic heterocycles. The van der Waals surface area contributed by atoms with Gasteiger partial charge in [0.25, 0.3) is 0 Å². The molecule has 0 aromatic heterocycles. The average Bonchev–Trinajstić information content (AvgIpc) is 2.48. The summed E-state index contributed by atoms with van der Waals surface area (Å²) in [5.41, 5.74) is 2.15. The fourth-order valence-corrected chi connectivity index (χ4v) is 2.40. The van der Waals surface area contributed by atoms with Crippen LogP contribution in [0.4, 0.5) is 4.79 Å². The number of ether oxygens (including phenoxy) is 1. The number of hydrogen-bond acceptors (Lipinski definition) is 2. The van der Waals surface area contributed by atoms with E-state index in [1.807, 2.05) is 60.7 Å². The third-order valence-electron chi connectivity index (χ3n) is 3.36. The molecule has 96 valence electrons. The van der Waals surface area contributed by atoms with Crippen molar-refractivity contribution in [2.45, 2.75) is 18.6 Å². The highest BCUT2D eigenvalue weighted by atomic mass is 16.6. The molecule has 1 aliphatic rings. The first kappa shape index (κ1) is 11.8. The van der Waals surface area contributed by atoms with Gasteiger partial charge in [-0.3, -0.25) is 0 Å². The van der Waals surface area contributed by atoms with Gasteiger partial charge in [0.05, 0.1) is 6.04 Å². The van der Waals surface area contributed by atoms with Crippen molar-refractivity contribution in [1.82, 2.24) is 5.32 Å². The van der Waals surface area contributed by atoms with E-state index in [2.05, 4.69) is 5.32 Å². The van der Waals surface area contributed by atoms with Crippen LogP contribution in [0.3, 0.4) is 0 Å². The Kier molecular flexibility index (Phi) is 3.19. The van der Waals surface area contributed by atoms with Gasteiger partial charge in [0.1, 0.15) is 6.10 Å². The Bertz CT molecular complexity index is 504. The highest BCUT2D eigenvalue weighted by molar-refractivity contribution is 5.69. The molecule has 19 heavy (non-hydrogen) atoms. The Morgan fingerprint density at radius 2 is 1.47 bits per heavy atom. The van der Waals surface area contributed by atoms with Gasteiger partial charge < -0.3 is 10.1 Å². The van der Waals surface area contributed by atoms with E-state index in [4.69, 9.17) is 4.74 Å². The zero-order chi connectivity index (χ0) is 13.1. The monoisotopic (exact) mass is 253 g/mol. The fraction of sp³-hybridized carbons (Fsp3) is 0.188. The van der Waals surface area contributed by atoms with Crippen LogP contribution in [0.1, 0.15) is 29.7 Å². The summed E-state index contributed by atoms with van der Waals surface area (Å²) >= 11 is 0. The Morgan fingerprint density at radius 3 is 2.11 bits per heavy atom. The first-order valence-electron chi connectivity index (χ1n) is 6.40. The summed E-state index contributed by atoms with van der Waals surface area (Å²) in [7, 11) is 0. The van der Waals surface area contributed by atoms with Gasteiger partial charge in [0, 0.05) is 6.42 Å². The van der Waals surface area contributed by atoms with Gasteiger partial charge in [0.2, 0.25) is 0 Å². The molecule has 0 spiro atoms. The third-order valence-corrected chi connectivity index (χ3v) is 3.36. The van der Waals surface area contributed by atoms with Crippen molar-refractivity contribution in [2.75, 3.05) is 0 Å². The van der Waals surface area contributed by atoms with E-state index in [1.165, 1.54) is 0 Å². The molecular weight excluding hydrogens is 238 g/mol. The molecule has 2 aromatic carbocycles. The summed E-state index contributed by atoms with van der Waals surface area (Å²) in [6, 6.07) is 19.9. The molecule has 3 heteroatoms. The zero-order valence-electron chi connectivity index (χ0n) is 10.5. The van der Waals surface area contributed by atoms with E-state index >= 15 is 0 Å². The molecule has 0 aliphatic carbocycles. The van der Waals surface area contributed by atoms with E-state index in [0.717, 1.165) is 17.5 Å². The maximum absolute atomic E-state index is 11.7. The second kappa shape index (κ2) is 5.14. The molecule has 3 nitrogen and oxygen atoms in total. The Morgan fingerprint density at radius 1 is 0.895 bits per heavy atom. The largest absolute Gasteiger partial charge is 0.441 e. The van der Waals surface area contributed by atoms with E-state index in [0.29, 0.717) is 0 Å². The lowest BCUT2D eigenvalue weighted by Crippen LogP contribution is -2.36. The van der Waals surface area contributed by atoms with E-state index in [-0.39, 0.29) is 18.2 Å². The second-order valence-electron chi connectivity index (χ2n) is 4.65. The van der Waals surface area contributed by atoms with Crippen molar-refractivity contribution in [3.8, 4) is 0 Å². The fourth-order valence-electron chi connectivity index (χ4n) is 2.40. The molecule has 1 saturated heterocycles. The van der Waals surface area contributed by atoms with Gasteiger partial charge in [-0.15, -0.1) is 0 Å². The molecule has 1 amide bonds. The molecule has 0 bridgehead atoms. The summed E-state index contributed by atoms with van der Waals surface area (Å²) < 4.78 is 5.37. The van der Waals surface area contributed by atoms with Crippen molar-refractivity contribution in [3.05, 3.63) is 71.8 Å². The number of rotatable bonds is 2. The van der Waals surface area contributed by atoms with E-state index in [1.54, 1.807) is 0 Å². The standard InChI is InChI=1S/C16H15NO2/c18-16-17-14(12-7-3-1-4-8-12)11-15(19-16)13-9-5-2-6-10-13/h1-10,14-15H,11H2,(H,17,18). The number of amides is 1. The number of carbonyl (C=O) groups excluding carboxylic acids is 1. The molecular formula is C16H15NO2. The van der Waals surface area contributed by atoms with Gasteiger partial charge >= 0.3 is 6.09 Å². The van der Waals surface area contributed by atoms with E-state index < -0.39 is 0 Å². The van der Waals surface area contributed by atoms with Crippen LogP contribution in [-0.2, 0) is 4.74 Å². The Labute approximate surface area is 112 Å². The number of cyclic esters (lactones) is 1. The first-order chi connectivity index (χ1) is 9.33. The SMILES string of the molecule is O=C1NC(c2ccccc2)CC(c2ccccc2)O1. The molecule has 1 heterocycles. The summed E-state index contributed by atoms with van der Waals surface area (Å²) in [5, 5.41) is 2.87. The zero-order valence-corrected chi connectivity index (χ0v) is 10.5.